The Morgan fingerprint density at radius 2 is 2.14 bits per heavy atom. The molecular weight excluding hydrogens is 395 g/mol. The maximum Gasteiger partial charge on any atom is 0.251 e. The second-order valence-corrected chi connectivity index (χ2v) is 7.61. The van der Waals surface area contributed by atoms with E-state index in [2.05, 4.69) is 15.3 Å². The number of aromatic amines is 1. The quantitative estimate of drug-likeness (QED) is 0.642. The predicted molar refractivity (Wildman–Crippen MR) is 108 cm³/mol. The van der Waals surface area contributed by atoms with Crippen molar-refractivity contribution in [3.63, 3.8) is 0 Å². The molecule has 1 atom stereocenters. The highest BCUT2D eigenvalue weighted by Crippen LogP contribution is 2.33. The first-order chi connectivity index (χ1) is 14.0. The number of carbonyl (C=O) groups excluding carboxylic acids is 1. The van der Waals surface area contributed by atoms with Crippen molar-refractivity contribution in [3.05, 3.63) is 59.7 Å². The topological polar surface area (TPSA) is 101 Å². The monoisotopic (exact) mass is 413 g/mol. The first-order valence-electron chi connectivity index (χ1n) is 9.01. The van der Waals surface area contributed by atoms with Gasteiger partial charge in [-0.05, 0) is 41.8 Å². The molecule has 29 heavy (non-hydrogen) atoms. The summed E-state index contributed by atoms with van der Waals surface area (Å²) in [5.74, 6) is -0.844. The van der Waals surface area contributed by atoms with Crippen molar-refractivity contribution < 1.29 is 17.9 Å². The summed E-state index contributed by atoms with van der Waals surface area (Å²) in [5, 5.41) is 3.23. The van der Waals surface area contributed by atoms with E-state index in [1.807, 2.05) is 12.1 Å². The molecule has 0 fully saturated rings. The number of carbonyl (C=O) groups is 1. The Bertz CT molecular complexity index is 1160. The number of amides is 1. The maximum absolute atomic E-state index is 14.8. The lowest BCUT2D eigenvalue weighted by Gasteiger charge is -2.27. The van der Waals surface area contributed by atoms with Gasteiger partial charge in [0.25, 0.3) is 5.91 Å². The number of fused-ring (bicyclic) bond motifs is 1. The van der Waals surface area contributed by atoms with Gasteiger partial charge in [-0.3, -0.25) is 9.00 Å². The smallest absolute Gasteiger partial charge is 0.251 e. The molecule has 0 saturated carbocycles. The van der Waals surface area contributed by atoms with Gasteiger partial charge in [0.05, 0.1) is 0 Å². The Hall–Kier alpha value is -2.88. The van der Waals surface area contributed by atoms with Crippen LogP contribution in [-0.4, -0.2) is 49.1 Å². The zero-order valence-corrected chi connectivity index (χ0v) is 16.4. The summed E-state index contributed by atoms with van der Waals surface area (Å²) in [6.07, 6.45) is 4.04. The van der Waals surface area contributed by atoms with E-state index in [1.54, 1.807) is 24.4 Å². The van der Waals surface area contributed by atoms with E-state index in [1.165, 1.54) is 17.4 Å². The molecule has 0 aliphatic carbocycles. The van der Waals surface area contributed by atoms with Gasteiger partial charge in [-0.2, -0.15) is 0 Å². The number of hydrogen-bond acceptors (Lipinski definition) is 4. The molecule has 3 aromatic rings. The van der Waals surface area contributed by atoms with Crippen LogP contribution >= 0.6 is 0 Å². The van der Waals surface area contributed by atoms with Gasteiger partial charge in [-0.1, -0.05) is 12.1 Å². The molecule has 4 rings (SSSR count). The molecule has 7 nitrogen and oxygen atoms in total. The molecule has 3 heterocycles. The van der Waals surface area contributed by atoms with Gasteiger partial charge >= 0.3 is 0 Å². The van der Waals surface area contributed by atoms with Gasteiger partial charge in [0.1, 0.15) is 11.5 Å². The molecule has 1 amide bonds. The Morgan fingerprint density at radius 1 is 1.31 bits per heavy atom. The zero-order valence-electron chi connectivity index (χ0n) is 15.6. The number of H-pyrrole nitrogens is 1. The van der Waals surface area contributed by atoms with Crippen LogP contribution in [0.25, 0.3) is 27.7 Å². The molecule has 2 N–H and O–H groups in total. The molecule has 2 aromatic heterocycles. The fourth-order valence-electron chi connectivity index (χ4n) is 3.48. The fraction of sp³-hybridized carbons (Fsp3) is 0.200. The first kappa shape index (κ1) is 19.4. The number of aromatic nitrogens is 2. The molecule has 0 saturated heterocycles. The molecule has 0 spiro atoms. The molecule has 1 unspecified atom stereocenters. The van der Waals surface area contributed by atoms with E-state index in [9.17, 15) is 17.9 Å². The largest absolute Gasteiger partial charge is 0.760 e. The van der Waals surface area contributed by atoms with Crippen LogP contribution in [0.3, 0.4) is 0 Å². The lowest BCUT2D eigenvalue weighted by Crippen LogP contribution is -2.30. The van der Waals surface area contributed by atoms with Gasteiger partial charge in [-0.15, -0.1) is 0 Å². The molecule has 0 radical (unpaired) electrons. The molecule has 0 bridgehead atoms. The number of pyridine rings is 1. The van der Waals surface area contributed by atoms with Crippen LogP contribution in [0.5, 0.6) is 0 Å². The van der Waals surface area contributed by atoms with E-state index in [-0.39, 0.29) is 11.5 Å². The Morgan fingerprint density at radius 3 is 2.79 bits per heavy atom. The highest BCUT2D eigenvalue weighted by atomic mass is 32.2. The van der Waals surface area contributed by atoms with E-state index in [0.717, 1.165) is 16.7 Å². The van der Waals surface area contributed by atoms with E-state index >= 15 is 0 Å². The molecule has 1 aromatic carbocycles. The number of rotatable bonds is 4. The second-order valence-electron chi connectivity index (χ2n) is 6.66. The molecular formula is C20H18FN4O3S-. The third-order valence-electron chi connectivity index (χ3n) is 5.01. The van der Waals surface area contributed by atoms with Gasteiger partial charge in [-0.25, -0.2) is 13.7 Å². The molecule has 9 heteroatoms. The van der Waals surface area contributed by atoms with Gasteiger partial charge in [0.15, 0.2) is 0 Å². The summed E-state index contributed by atoms with van der Waals surface area (Å²) in [4.78, 5) is 19.3. The standard InChI is InChI=1S/C20H19FN4O3S/c1-22-20(26)13-2-3-15(17(21)10-13)14-4-7-23-19-16(14)11-18(24-19)12-5-8-25(9-6-12)29(27)28/h2-5,7,10-11H,6,8-9H2,1H3,(H,22,26)(H,23,24)(H,27,28)/p-1. The van der Waals surface area contributed by atoms with Gasteiger partial charge in [0, 0.05) is 59.8 Å². The third kappa shape index (κ3) is 3.71. The second kappa shape index (κ2) is 7.86. The zero-order chi connectivity index (χ0) is 20.5. The summed E-state index contributed by atoms with van der Waals surface area (Å²) in [6, 6.07) is 8.02. The summed E-state index contributed by atoms with van der Waals surface area (Å²) in [6.45, 7) is 0.726. The summed E-state index contributed by atoms with van der Waals surface area (Å²) in [7, 11) is 1.50. The minimum atomic E-state index is -2.23. The average Bonchev–Trinajstić information content (AvgIpc) is 3.17. The van der Waals surface area contributed by atoms with E-state index < -0.39 is 17.1 Å². The molecule has 1 aliphatic heterocycles. The number of nitrogens with one attached hydrogen (secondary N) is 2. The normalized spacial score (nSPS) is 15.9. The SMILES string of the molecule is CNC(=O)c1ccc(-c2ccnc3[nH]c(C4=CCN(S(=O)[O-])CC4)cc23)c(F)c1. The Labute approximate surface area is 169 Å². The molecule has 1 aliphatic rings. The van der Waals surface area contributed by atoms with Crippen molar-refractivity contribution in [2.45, 2.75) is 6.42 Å². The van der Waals surface area contributed by atoms with Crippen LogP contribution in [0.4, 0.5) is 4.39 Å². The predicted octanol–water partition coefficient (Wildman–Crippen LogP) is 2.61. The maximum atomic E-state index is 14.8. The molecule has 150 valence electrons. The van der Waals surface area contributed by atoms with Gasteiger partial charge < -0.3 is 14.9 Å². The van der Waals surface area contributed by atoms with Crippen molar-refractivity contribution in [2.75, 3.05) is 20.1 Å². The Balaban J connectivity index is 1.73. The van der Waals surface area contributed by atoms with Crippen LogP contribution in [-0.2, 0) is 11.3 Å². The highest BCUT2D eigenvalue weighted by molar-refractivity contribution is 7.76. The first-order valence-corrected chi connectivity index (χ1v) is 10.0. The Kier molecular flexibility index (Phi) is 5.27. The van der Waals surface area contributed by atoms with Crippen LogP contribution in [0.2, 0.25) is 0 Å². The van der Waals surface area contributed by atoms with Gasteiger partial charge in [0.2, 0.25) is 0 Å². The van der Waals surface area contributed by atoms with E-state index in [4.69, 9.17) is 0 Å². The minimum absolute atomic E-state index is 0.251. The number of hydrogen-bond donors (Lipinski definition) is 2. The van der Waals surface area contributed by atoms with E-state index in [0.29, 0.717) is 36.3 Å². The summed E-state index contributed by atoms with van der Waals surface area (Å²) in [5.41, 5.74) is 3.73. The van der Waals surface area contributed by atoms with Crippen LogP contribution in [0.1, 0.15) is 22.5 Å². The van der Waals surface area contributed by atoms with Crippen molar-refractivity contribution in [1.29, 1.82) is 0 Å². The third-order valence-corrected chi connectivity index (χ3v) is 5.76. The summed E-state index contributed by atoms with van der Waals surface area (Å²) >= 11 is -2.23. The lowest BCUT2D eigenvalue weighted by molar-refractivity contribution is 0.0962. The average molecular weight is 413 g/mol. The highest BCUT2D eigenvalue weighted by Gasteiger charge is 2.18. The summed E-state index contributed by atoms with van der Waals surface area (Å²) < 4.78 is 38.3. The minimum Gasteiger partial charge on any atom is -0.760 e. The van der Waals surface area contributed by atoms with Crippen LogP contribution in [0, 0.1) is 5.82 Å². The van der Waals surface area contributed by atoms with Crippen molar-refractivity contribution in [2.24, 2.45) is 0 Å². The van der Waals surface area contributed by atoms with Crippen molar-refractivity contribution in [3.8, 4) is 11.1 Å². The fourth-order valence-corrected chi connectivity index (χ4v) is 3.92. The number of halogens is 1. The number of benzene rings is 1. The van der Waals surface area contributed by atoms with Crippen LogP contribution < -0.4 is 5.32 Å². The van der Waals surface area contributed by atoms with Crippen LogP contribution in [0.15, 0.2) is 42.6 Å². The number of nitrogens with zero attached hydrogens (tertiary/aromatic N) is 2. The van der Waals surface area contributed by atoms with Crippen molar-refractivity contribution in [1.82, 2.24) is 19.6 Å². The lowest BCUT2D eigenvalue weighted by atomic mass is 10.00. The van der Waals surface area contributed by atoms with Crippen molar-refractivity contribution >= 4 is 33.8 Å².